The van der Waals surface area contributed by atoms with Crippen LogP contribution in [0.25, 0.3) is 0 Å². The fraction of sp³-hybridized carbons (Fsp3) is 0.500. The third kappa shape index (κ3) is 12.9. The standard InChI is InChI=1S/C32H44N2O9/c35-25(15-12-23-8-4-3-5-9-23)16-19-28-27(29(36)20-30(28)37)10-6-1-2-7-11-31(38)33-21-32(39)43-26-17-13-24(14-18-26)22-42-34(40)41/h1,3-6,8-9,13-14,17-18,25,27-30,35-37,40-41H,2,7,10-12,15-16,19-22H2,(H,33,38)/b6-1-/t25-,27+,28+,29-,30+/m0/s1. The quantitative estimate of drug-likeness (QED) is 0.0490. The summed E-state index contributed by atoms with van der Waals surface area (Å²) in [5.41, 5.74) is 1.81. The molecule has 236 valence electrons. The molecule has 1 saturated carbocycles. The number of aliphatic hydroxyl groups is 3. The predicted octanol–water partition coefficient (Wildman–Crippen LogP) is 3.47. The van der Waals surface area contributed by atoms with Crippen molar-refractivity contribution in [2.75, 3.05) is 6.54 Å². The van der Waals surface area contributed by atoms with E-state index in [0.717, 1.165) is 6.42 Å². The van der Waals surface area contributed by atoms with Gasteiger partial charge in [0.15, 0.2) is 0 Å². The number of amides is 1. The number of nitrogens with one attached hydrogen (secondary N) is 1. The number of aryl methyl sites for hydroxylation is 1. The number of nitrogens with zero attached hydrogens (tertiary/aromatic N) is 1. The molecule has 6 N–H and O–H groups in total. The first-order chi connectivity index (χ1) is 20.7. The molecule has 0 saturated heterocycles. The third-order valence-electron chi connectivity index (χ3n) is 7.74. The van der Waals surface area contributed by atoms with Crippen LogP contribution in [0.1, 0.15) is 62.5 Å². The van der Waals surface area contributed by atoms with Crippen molar-refractivity contribution < 1.29 is 44.9 Å². The van der Waals surface area contributed by atoms with Crippen LogP contribution in [0.2, 0.25) is 0 Å². The van der Waals surface area contributed by atoms with Gasteiger partial charge < -0.3 is 25.4 Å². The molecule has 1 fully saturated rings. The van der Waals surface area contributed by atoms with E-state index in [1.807, 2.05) is 42.5 Å². The molecule has 43 heavy (non-hydrogen) atoms. The van der Waals surface area contributed by atoms with E-state index in [0.29, 0.717) is 50.5 Å². The highest BCUT2D eigenvalue weighted by atomic mass is 17.1. The number of allylic oxidation sites excluding steroid dienone is 2. The van der Waals surface area contributed by atoms with Gasteiger partial charge in [0.2, 0.25) is 5.91 Å². The second kappa shape index (κ2) is 18.5. The molecule has 0 spiro atoms. The molecule has 11 nitrogen and oxygen atoms in total. The minimum absolute atomic E-state index is 0.0676. The van der Waals surface area contributed by atoms with Gasteiger partial charge in [0.05, 0.1) is 30.3 Å². The first kappa shape index (κ1) is 34.3. The molecular formula is C32H44N2O9. The van der Waals surface area contributed by atoms with Crippen LogP contribution in [-0.2, 0) is 27.5 Å². The Balaban J connectivity index is 1.28. The Morgan fingerprint density at radius 3 is 2.40 bits per heavy atom. The van der Waals surface area contributed by atoms with Gasteiger partial charge in [0, 0.05) is 6.42 Å². The first-order valence-electron chi connectivity index (χ1n) is 14.8. The fourth-order valence-electron chi connectivity index (χ4n) is 5.38. The Kier molecular flexibility index (Phi) is 14.8. The van der Waals surface area contributed by atoms with Gasteiger partial charge in [0.1, 0.15) is 12.3 Å². The highest BCUT2D eigenvalue weighted by Crippen LogP contribution is 2.38. The van der Waals surface area contributed by atoms with E-state index in [-0.39, 0.29) is 48.5 Å². The highest BCUT2D eigenvalue weighted by molar-refractivity contribution is 5.82. The topological polar surface area (TPSA) is 169 Å². The monoisotopic (exact) mass is 600 g/mol. The van der Waals surface area contributed by atoms with E-state index < -0.39 is 24.3 Å². The number of benzene rings is 2. The van der Waals surface area contributed by atoms with Crippen LogP contribution in [0.15, 0.2) is 66.7 Å². The maximum Gasteiger partial charge on any atom is 0.330 e. The predicted molar refractivity (Wildman–Crippen MR) is 157 cm³/mol. The lowest BCUT2D eigenvalue weighted by molar-refractivity contribution is -0.497. The van der Waals surface area contributed by atoms with E-state index in [1.165, 1.54) is 17.7 Å². The highest BCUT2D eigenvalue weighted by Gasteiger charge is 2.40. The van der Waals surface area contributed by atoms with E-state index in [4.69, 9.17) is 15.2 Å². The zero-order valence-corrected chi connectivity index (χ0v) is 24.3. The maximum atomic E-state index is 12.1. The molecule has 2 aromatic rings. The van der Waals surface area contributed by atoms with Crippen molar-refractivity contribution in [3.63, 3.8) is 0 Å². The van der Waals surface area contributed by atoms with Crippen LogP contribution in [0.5, 0.6) is 5.75 Å². The van der Waals surface area contributed by atoms with Crippen molar-refractivity contribution in [1.82, 2.24) is 10.7 Å². The summed E-state index contributed by atoms with van der Waals surface area (Å²) in [5, 5.41) is 50.7. The molecule has 1 aliphatic carbocycles. The molecule has 1 aliphatic rings. The number of hydrogen-bond donors (Lipinski definition) is 6. The number of carbonyl (C=O) groups excluding carboxylic acids is 2. The zero-order chi connectivity index (χ0) is 31.0. The molecule has 0 unspecified atom stereocenters. The van der Waals surface area contributed by atoms with E-state index in [9.17, 15) is 24.9 Å². The van der Waals surface area contributed by atoms with Crippen molar-refractivity contribution in [1.29, 1.82) is 0 Å². The van der Waals surface area contributed by atoms with Crippen molar-refractivity contribution in [3.05, 3.63) is 77.9 Å². The van der Waals surface area contributed by atoms with Gasteiger partial charge >= 0.3 is 5.97 Å². The summed E-state index contributed by atoms with van der Waals surface area (Å²) in [6.07, 6.45) is 7.52. The van der Waals surface area contributed by atoms with Crippen molar-refractivity contribution in [2.45, 2.75) is 82.7 Å². The zero-order valence-electron chi connectivity index (χ0n) is 24.3. The average molecular weight is 601 g/mol. The molecule has 1 amide bonds. The molecule has 11 heteroatoms. The van der Waals surface area contributed by atoms with Crippen LogP contribution >= 0.6 is 0 Å². The van der Waals surface area contributed by atoms with Gasteiger partial charge in [-0.25, -0.2) is 9.63 Å². The van der Waals surface area contributed by atoms with Gasteiger partial charge in [-0.3, -0.25) is 15.2 Å². The molecule has 2 aromatic carbocycles. The average Bonchev–Trinajstić information content (AvgIpc) is 3.26. The Labute approximate surface area is 252 Å². The summed E-state index contributed by atoms with van der Waals surface area (Å²) >= 11 is 0. The smallest absolute Gasteiger partial charge is 0.330 e. The summed E-state index contributed by atoms with van der Waals surface area (Å²) in [4.78, 5) is 28.6. The van der Waals surface area contributed by atoms with E-state index >= 15 is 0 Å². The van der Waals surface area contributed by atoms with Crippen LogP contribution in [-0.4, -0.2) is 67.9 Å². The van der Waals surface area contributed by atoms with Crippen molar-refractivity contribution in [3.8, 4) is 5.75 Å². The van der Waals surface area contributed by atoms with Gasteiger partial charge in [-0.1, -0.05) is 54.6 Å². The van der Waals surface area contributed by atoms with Crippen LogP contribution in [0, 0.1) is 11.8 Å². The largest absolute Gasteiger partial charge is 0.425 e. The SMILES string of the molecule is O=C(CCC/C=C\C[C@@H]1[C@@H](CC[C@@H](O)CCc2ccccc2)[C@H](O)C[C@@H]1O)NCC(=O)Oc1ccc(CON(O)O)cc1. The van der Waals surface area contributed by atoms with E-state index in [1.54, 1.807) is 12.1 Å². The second-order valence-electron chi connectivity index (χ2n) is 11.0. The molecule has 3 rings (SSSR count). The number of ether oxygens (including phenoxy) is 1. The number of aliphatic hydroxyl groups excluding tert-OH is 3. The van der Waals surface area contributed by atoms with Crippen molar-refractivity contribution in [2.24, 2.45) is 11.8 Å². The van der Waals surface area contributed by atoms with Crippen molar-refractivity contribution >= 4 is 11.9 Å². The Bertz CT molecular complexity index is 1130. The number of unbranched alkanes of at least 4 members (excludes halogenated alkanes) is 1. The molecule has 0 aliphatic heterocycles. The Morgan fingerprint density at radius 1 is 0.953 bits per heavy atom. The summed E-state index contributed by atoms with van der Waals surface area (Å²) < 4.78 is 5.17. The Morgan fingerprint density at radius 2 is 1.67 bits per heavy atom. The molecular weight excluding hydrogens is 556 g/mol. The van der Waals surface area contributed by atoms with Crippen LogP contribution < -0.4 is 10.1 Å². The minimum Gasteiger partial charge on any atom is -0.425 e. The molecule has 0 heterocycles. The minimum atomic E-state index is -0.621. The second-order valence-corrected chi connectivity index (χ2v) is 11.0. The molecule has 0 bridgehead atoms. The van der Waals surface area contributed by atoms with Crippen LogP contribution in [0.4, 0.5) is 0 Å². The Hall–Kier alpha value is -3.16. The lowest BCUT2D eigenvalue weighted by atomic mass is 9.85. The number of hydrogen-bond acceptors (Lipinski definition) is 10. The maximum absolute atomic E-state index is 12.1. The number of esters is 1. The summed E-state index contributed by atoms with van der Waals surface area (Å²) in [5.74, 6) is -0.750. The normalized spacial score (nSPS) is 20.9. The first-order valence-corrected chi connectivity index (χ1v) is 14.8. The fourth-order valence-corrected chi connectivity index (χ4v) is 5.38. The number of rotatable bonds is 18. The third-order valence-corrected chi connectivity index (χ3v) is 7.74. The summed E-state index contributed by atoms with van der Waals surface area (Å²) in [7, 11) is 0. The van der Waals surface area contributed by atoms with Crippen LogP contribution in [0.3, 0.4) is 0 Å². The molecule has 5 atom stereocenters. The van der Waals surface area contributed by atoms with Gasteiger partial charge in [-0.15, -0.1) is 0 Å². The summed E-state index contributed by atoms with van der Waals surface area (Å²) in [6, 6.07) is 16.3. The van der Waals surface area contributed by atoms with E-state index in [2.05, 4.69) is 10.2 Å². The molecule has 0 radical (unpaired) electrons. The van der Waals surface area contributed by atoms with Gasteiger partial charge in [0.25, 0.3) is 0 Å². The van der Waals surface area contributed by atoms with Gasteiger partial charge in [-0.05, 0) is 86.5 Å². The number of carbonyl (C=O) groups is 2. The summed E-state index contributed by atoms with van der Waals surface area (Å²) in [6.45, 7) is -0.354. The van der Waals surface area contributed by atoms with Gasteiger partial charge in [-0.2, -0.15) is 0 Å². The lowest BCUT2D eigenvalue weighted by Gasteiger charge is -2.23. The molecule has 0 aromatic heterocycles. The lowest BCUT2D eigenvalue weighted by Crippen LogP contribution is -2.31.